The second kappa shape index (κ2) is 7.06. The van der Waals surface area contributed by atoms with Gasteiger partial charge in [0.15, 0.2) is 0 Å². The van der Waals surface area contributed by atoms with Crippen molar-refractivity contribution in [3.8, 4) is 0 Å². The van der Waals surface area contributed by atoms with E-state index in [0.717, 1.165) is 26.2 Å². The summed E-state index contributed by atoms with van der Waals surface area (Å²) in [7, 11) is 1.80. The predicted octanol–water partition coefficient (Wildman–Crippen LogP) is 3.07. The minimum atomic E-state index is 0.161. The van der Waals surface area contributed by atoms with Crippen LogP contribution in [0.15, 0.2) is 11.6 Å². The molecule has 0 aliphatic carbocycles. The zero-order valence-electron chi connectivity index (χ0n) is 14.5. The van der Waals surface area contributed by atoms with Crippen molar-refractivity contribution in [1.82, 2.24) is 10.2 Å². The van der Waals surface area contributed by atoms with Crippen molar-refractivity contribution in [2.45, 2.75) is 59.5 Å². The zero-order valence-corrected chi connectivity index (χ0v) is 14.5. The lowest BCUT2D eigenvalue weighted by Crippen LogP contribution is -2.51. The number of hydrogen-bond donors (Lipinski definition) is 1. The van der Waals surface area contributed by atoms with Crippen LogP contribution in [-0.2, 0) is 4.74 Å². The van der Waals surface area contributed by atoms with Gasteiger partial charge in [-0.25, -0.2) is 0 Å². The van der Waals surface area contributed by atoms with Gasteiger partial charge in [-0.1, -0.05) is 32.4 Å². The van der Waals surface area contributed by atoms with Crippen LogP contribution in [0.4, 0.5) is 0 Å². The van der Waals surface area contributed by atoms with Gasteiger partial charge in [-0.05, 0) is 32.6 Å². The first-order chi connectivity index (χ1) is 9.13. The summed E-state index contributed by atoms with van der Waals surface area (Å²) in [5.41, 5.74) is 2.06. The molecule has 0 aromatic heterocycles. The van der Waals surface area contributed by atoms with Crippen molar-refractivity contribution in [2.75, 3.05) is 33.4 Å². The topological polar surface area (TPSA) is 24.5 Å². The maximum Gasteiger partial charge on any atom is 0.0630 e. The highest BCUT2D eigenvalue weighted by Crippen LogP contribution is 2.30. The van der Waals surface area contributed by atoms with Crippen molar-refractivity contribution in [1.29, 1.82) is 0 Å². The quantitative estimate of drug-likeness (QED) is 0.784. The van der Waals surface area contributed by atoms with E-state index in [1.165, 1.54) is 6.42 Å². The van der Waals surface area contributed by atoms with Gasteiger partial charge in [-0.15, -0.1) is 0 Å². The molecule has 1 rings (SSSR count). The first kappa shape index (κ1) is 17.7. The Balaban J connectivity index is 2.60. The summed E-state index contributed by atoms with van der Waals surface area (Å²) >= 11 is 0. The molecule has 1 atom stereocenters. The number of nitrogens with zero attached hydrogens (tertiary/aromatic N) is 1. The summed E-state index contributed by atoms with van der Waals surface area (Å²) in [6.07, 6.45) is 3.60. The molecule has 1 N–H and O–H groups in total. The summed E-state index contributed by atoms with van der Waals surface area (Å²) in [4.78, 5) is 2.54. The van der Waals surface area contributed by atoms with E-state index in [0.29, 0.717) is 11.5 Å². The SMILES string of the molecule is COCC(CNC(C)(C)C)N1CC=C(C(C)(C)C)CC1. The Kier molecular flexibility index (Phi) is 6.24. The Hall–Kier alpha value is -0.380. The zero-order chi connectivity index (χ0) is 15.4. The summed E-state index contributed by atoms with van der Waals surface area (Å²) in [6.45, 7) is 17.5. The van der Waals surface area contributed by atoms with Gasteiger partial charge in [0.05, 0.1) is 6.61 Å². The smallest absolute Gasteiger partial charge is 0.0630 e. The molecular weight excluding hydrogens is 248 g/mol. The van der Waals surface area contributed by atoms with Crippen LogP contribution in [0.5, 0.6) is 0 Å². The molecule has 3 nitrogen and oxygen atoms in total. The third-order valence-corrected chi connectivity index (χ3v) is 3.95. The van der Waals surface area contributed by atoms with Crippen molar-refractivity contribution in [3.63, 3.8) is 0 Å². The lowest BCUT2D eigenvalue weighted by molar-refractivity contribution is 0.0887. The van der Waals surface area contributed by atoms with Gasteiger partial charge < -0.3 is 10.1 Å². The molecule has 1 heterocycles. The summed E-state index contributed by atoms with van der Waals surface area (Å²) in [6, 6.07) is 0.456. The van der Waals surface area contributed by atoms with Crippen molar-refractivity contribution in [3.05, 3.63) is 11.6 Å². The maximum atomic E-state index is 5.41. The average Bonchev–Trinajstić information content (AvgIpc) is 2.32. The van der Waals surface area contributed by atoms with Crippen LogP contribution >= 0.6 is 0 Å². The predicted molar refractivity (Wildman–Crippen MR) is 87.1 cm³/mol. The van der Waals surface area contributed by atoms with Gasteiger partial charge in [0.2, 0.25) is 0 Å². The standard InChI is InChI=1S/C17H34N2O/c1-16(2,3)14-8-10-19(11-9-14)15(13-20-7)12-18-17(4,5)6/h8,15,18H,9-13H2,1-7H3. The minimum absolute atomic E-state index is 0.161. The van der Waals surface area contributed by atoms with E-state index in [1.807, 2.05) is 0 Å². The van der Waals surface area contributed by atoms with E-state index >= 15 is 0 Å². The average molecular weight is 282 g/mol. The van der Waals surface area contributed by atoms with Gasteiger partial charge >= 0.3 is 0 Å². The lowest BCUT2D eigenvalue weighted by atomic mass is 9.83. The minimum Gasteiger partial charge on any atom is -0.383 e. The summed E-state index contributed by atoms with van der Waals surface area (Å²) in [5.74, 6) is 0. The van der Waals surface area contributed by atoms with E-state index in [4.69, 9.17) is 4.74 Å². The second-order valence-corrected chi connectivity index (χ2v) is 7.96. The van der Waals surface area contributed by atoms with Gasteiger partial charge in [-0.2, -0.15) is 0 Å². The van der Waals surface area contributed by atoms with E-state index in [2.05, 4.69) is 57.8 Å². The normalized spacial score (nSPS) is 19.9. The largest absolute Gasteiger partial charge is 0.383 e. The molecule has 118 valence electrons. The van der Waals surface area contributed by atoms with Crippen LogP contribution in [0, 0.1) is 5.41 Å². The van der Waals surface area contributed by atoms with Crippen molar-refractivity contribution in [2.24, 2.45) is 5.41 Å². The molecule has 0 bridgehead atoms. The summed E-state index contributed by atoms with van der Waals surface area (Å²) < 4.78 is 5.41. The molecule has 1 aliphatic rings. The lowest BCUT2D eigenvalue weighted by Gasteiger charge is -2.37. The molecule has 1 aliphatic heterocycles. The first-order valence-corrected chi connectivity index (χ1v) is 7.81. The number of nitrogens with one attached hydrogen (secondary N) is 1. The van der Waals surface area contributed by atoms with E-state index in [1.54, 1.807) is 12.7 Å². The number of rotatable bonds is 5. The van der Waals surface area contributed by atoms with Crippen LogP contribution in [0.3, 0.4) is 0 Å². The van der Waals surface area contributed by atoms with Crippen molar-refractivity contribution >= 4 is 0 Å². The third kappa shape index (κ3) is 5.94. The fraction of sp³-hybridized carbons (Fsp3) is 0.882. The highest BCUT2D eigenvalue weighted by molar-refractivity contribution is 5.15. The molecule has 0 amide bonds. The van der Waals surface area contributed by atoms with Crippen LogP contribution in [0.1, 0.15) is 48.0 Å². The van der Waals surface area contributed by atoms with E-state index in [9.17, 15) is 0 Å². The molecular formula is C17H34N2O. The van der Waals surface area contributed by atoms with Gasteiger partial charge in [0.1, 0.15) is 0 Å². The Bertz CT molecular complexity index is 323. The molecule has 1 unspecified atom stereocenters. The van der Waals surface area contributed by atoms with E-state index in [-0.39, 0.29) is 5.54 Å². The molecule has 0 radical (unpaired) electrons. The molecule has 0 spiro atoms. The van der Waals surface area contributed by atoms with Gasteiger partial charge in [0.25, 0.3) is 0 Å². The number of methoxy groups -OCH3 is 1. The second-order valence-electron chi connectivity index (χ2n) is 7.96. The first-order valence-electron chi connectivity index (χ1n) is 7.81. The number of ether oxygens (including phenoxy) is 1. The molecule has 20 heavy (non-hydrogen) atoms. The highest BCUT2D eigenvalue weighted by Gasteiger charge is 2.26. The fourth-order valence-electron chi connectivity index (χ4n) is 2.61. The Morgan fingerprint density at radius 1 is 1.25 bits per heavy atom. The van der Waals surface area contributed by atoms with Gasteiger partial charge in [0, 0.05) is 38.3 Å². The maximum absolute atomic E-state index is 5.41. The van der Waals surface area contributed by atoms with Gasteiger partial charge in [-0.3, -0.25) is 4.90 Å². The molecule has 0 aromatic carbocycles. The molecule has 0 aromatic rings. The summed E-state index contributed by atoms with van der Waals surface area (Å²) in [5, 5.41) is 3.60. The molecule has 0 fully saturated rings. The molecule has 0 saturated heterocycles. The van der Waals surface area contributed by atoms with Crippen LogP contribution in [0.25, 0.3) is 0 Å². The molecule has 0 saturated carbocycles. The van der Waals surface area contributed by atoms with E-state index < -0.39 is 0 Å². The highest BCUT2D eigenvalue weighted by atomic mass is 16.5. The van der Waals surface area contributed by atoms with Crippen molar-refractivity contribution < 1.29 is 4.74 Å². The third-order valence-electron chi connectivity index (χ3n) is 3.95. The van der Waals surface area contributed by atoms with Crippen LogP contribution in [0.2, 0.25) is 0 Å². The number of hydrogen-bond acceptors (Lipinski definition) is 3. The Morgan fingerprint density at radius 3 is 2.30 bits per heavy atom. The van der Waals surface area contributed by atoms with Crippen LogP contribution < -0.4 is 5.32 Å². The monoisotopic (exact) mass is 282 g/mol. The fourth-order valence-corrected chi connectivity index (χ4v) is 2.61. The van der Waals surface area contributed by atoms with Crippen LogP contribution in [-0.4, -0.2) is 49.8 Å². The Labute approximate surface area is 125 Å². The Morgan fingerprint density at radius 2 is 1.90 bits per heavy atom. The molecule has 3 heteroatoms.